The second-order valence-electron chi connectivity index (χ2n) is 5.73. The fraction of sp³-hybridized carbons (Fsp3) is 0.158. The summed E-state index contributed by atoms with van der Waals surface area (Å²) in [4.78, 5) is 16.5. The molecule has 3 rings (SSSR count). The standard InChI is InChI=1S/C19H19N5O/c1-13-6-7-15(11-14(13)2)22-19(25)17-8-9-18(24-23-17)21-12-16-5-3-4-10-20-16/h3-11H,12H2,1-2H3,(H,21,24)(H,22,25). The molecule has 0 aliphatic rings. The molecule has 1 amide bonds. The van der Waals surface area contributed by atoms with Crippen LogP contribution < -0.4 is 10.6 Å². The van der Waals surface area contributed by atoms with Gasteiger partial charge in [0.25, 0.3) is 5.91 Å². The van der Waals surface area contributed by atoms with Crippen LogP contribution in [0.3, 0.4) is 0 Å². The summed E-state index contributed by atoms with van der Waals surface area (Å²) in [6.07, 6.45) is 1.74. The van der Waals surface area contributed by atoms with Crippen LogP contribution >= 0.6 is 0 Å². The van der Waals surface area contributed by atoms with E-state index in [1.165, 1.54) is 5.56 Å². The molecule has 3 aromatic rings. The van der Waals surface area contributed by atoms with Crippen molar-refractivity contribution >= 4 is 17.4 Å². The Bertz CT molecular complexity index is 863. The van der Waals surface area contributed by atoms with Gasteiger partial charge in [0.1, 0.15) is 5.82 Å². The molecule has 6 nitrogen and oxygen atoms in total. The molecule has 0 saturated carbocycles. The minimum Gasteiger partial charge on any atom is -0.363 e. The van der Waals surface area contributed by atoms with Crippen molar-refractivity contribution in [2.75, 3.05) is 10.6 Å². The van der Waals surface area contributed by atoms with Crippen molar-refractivity contribution in [2.24, 2.45) is 0 Å². The lowest BCUT2D eigenvalue weighted by Crippen LogP contribution is -2.15. The van der Waals surface area contributed by atoms with Crippen molar-refractivity contribution in [1.82, 2.24) is 15.2 Å². The minimum absolute atomic E-state index is 0.265. The first-order valence-electron chi connectivity index (χ1n) is 7.98. The van der Waals surface area contributed by atoms with E-state index in [-0.39, 0.29) is 11.6 Å². The number of amides is 1. The van der Waals surface area contributed by atoms with E-state index in [9.17, 15) is 4.79 Å². The minimum atomic E-state index is -0.285. The Morgan fingerprint density at radius 1 is 1.00 bits per heavy atom. The lowest BCUT2D eigenvalue weighted by molar-refractivity contribution is 0.102. The molecular weight excluding hydrogens is 314 g/mol. The molecule has 0 atom stereocenters. The molecule has 0 bridgehead atoms. The first-order chi connectivity index (χ1) is 12.1. The largest absolute Gasteiger partial charge is 0.363 e. The highest BCUT2D eigenvalue weighted by atomic mass is 16.1. The number of benzene rings is 1. The summed E-state index contributed by atoms with van der Waals surface area (Å²) in [5.41, 5.74) is 4.22. The Hall–Kier alpha value is -3.28. The van der Waals surface area contributed by atoms with Gasteiger partial charge in [-0.25, -0.2) is 0 Å². The van der Waals surface area contributed by atoms with Crippen LogP contribution in [0.5, 0.6) is 0 Å². The molecule has 1 aromatic carbocycles. The number of hydrogen-bond acceptors (Lipinski definition) is 5. The number of aryl methyl sites for hydroxylation is 2. The van der Waals surface area contributed by atoms with E-state index in [2.05, 4.69) is 25.8 Å². The van der Waals surface area contributed by atoms with Crippen LogP contribution in [0, 0.1) is 13.8 Å². The van der Waals surface area contributed by atoms with Crippen LogP contribution in [0.2, 0.25) is 0 Å². The molecule has 2 heterocycles. The number of nitrogens with one attached hydrogen (secondary N) is 2. The van der Waals surface area contributed by atoms with Crippen LogP contribution in [0.15, 0.2) is 54.7 Å². The first kappa shape index (κ1) is 16.6. The smallest absolute Gasteiger partial charge is 0.276 e. The Morgan fingerprint density at radius 3 is 2.56 bits per heavy atom. The monoisotopic (exact) mass is 333 g/mol. The predicted octanol–water partition coefficient (Wildman–Crippen LogP) is 3.35. The Labute approximate surface area is 146 Å². The van der Waals surface area contributed by atoms with Crippen LogP contribution in [0.4, 0.5) is 11.5 Å². The molecule has 0 unspecified atom stereocenters. The van der Waals surface area contributed by atoms with Crippen molar-refractivity contribution in [3.8, 4) is 0 Å². The van der Waals surface area contributed by atoms with Crippen molar-refractivity contribution in [2.45, 2.75) is 20.4 Å². The summed E-state index contributed by atoms with van der Waals surface area (Å²) < 4.78 is 0. The number of anilines is 2. The highest BCUT2D eigenvalue weighted by molar-refractivity contribution is 6.02. The first-order valence-corrected chi connectivity index (χ1v) is 7.98. The summed E-state index contributed by atoms with van der Waals surface area (Å²) in [5.74, 6) is 0.306. The fourth-order valence-electron chi connectivity index (χ4n) is 2.25. The van der Waals surface area contributed by atoms with E-state index < -0.39 is 0 Å². The van der Waals surface area contributed by atoms with Gasteiger partial charge in [-0.05, 0) is 61.4 Å². The molecule has 0 aliphatic carbocycles. The molecule has 2 N–H and O–H groups in total. The molecule has 0 saturated heterocycles. The Balaban J connectivity index is 1.61. The number of nitrogens with zero attached hydrogens (tertiary/aromatic N) is 3. The van der Waals surface area contributed by atoms with Gasteiger partial charge in [-0.1, -0.05) is 12.1 Å². The molecule has 0 radical (unpaired) electrons. The van der Waals surface area contributed by atoms with Gasteiger partial charge in [0.2, 0.25) is 0 Å². The number of carbonyl (C=O) groups excluding carboxylic acids is 1. The molecule has 0 aliphatic heterocycles. The van der Waals surface area contributed by atoms with E-state index in [0.717, 1.165) is 16.9 Å². The zero-order valence-electron chi connectivity index (χ0n) is 14.2. The normalized spacial score (nSPS) is 10.3. The van der Waals surface area contributed by atoms with Crippen LogP contribution in [0.1, 0.15) is 27.3 Å². The van der Waals surface area contributed by atoms with Crippen molar-refractivity contribution in [1.29, 1.82) is 0 Å². The second kappa shape index (κ2) is 7.53. The summed E-state index contributed by atoms with van der Waals surface area (Å²) in [5, 5.41) is 14.0. The third-order valence-corrected chi connectivity index (χ3v) is 3.84. The maximum atomic E-state index is 12.3. The van der Waals surface area contributed by atoms with E-state index in [1.807, 2.05) is 50.2 Å². The van der Waals surface area contributed by atoms with E-state index in [0.29, 0.717) is 12.4 Å². The molecule has 126 valence electrons. The highest BCUT2D eigenvalue weighted by Crippen LogP contribution is 2.15. The van der Waals surface area contributed by atoms with Gasteiger partial charge in [0, 0.05) is 11.9 Å². The average molecular weight is 333 g/mol. The molecule has 25 heavy (non-hydrogen) atoms. The third-order valence-electron chi connectivity index (χ3n) is 3.84. The van der Waals surface area contributed by atoms with Crippen molar-refractivity contribution in [3.63, 3.8) is 0 Å². The van der Waals surface area contributed by atoms with Crippen molar-refractivity contribution in [3.05, 3.63) is 77.2 Å². The van der Waals surface area contributed by atoms with Gasteiger partial charge >= 0.3 is 0 Å². The van der Waals surface area contributed by atoms with Crippen molar-refractivity contribution < 1.29 is 4.79 Å². The summed E-state index contributed by atoms with van der Waals surface area (Å²) in [7, 11) is 0. The van der Waals surface area contributed by atoms with Gasteiger partial charge in [0.05, 0.1) is 12.2 Å². The Morgan fingerprint density at radius 2 is 1.88 bits per heavy atom. The summed E-state index contributed by atoms with van der Waals surface area (Å²) >= 11 is 0. The van der Waals surface area contributed by atoms with Gasteiger partial charge in [-0.2, -0.15) is 0 Å². The zero-order valence-corrected chi connectivity index (χ0v) is 14.2. The fourth-order valence-corrected chi connectivity index (χ4v) is 2.25. The molecule has 0 fully saturated rings. The molecule has 2 aromatic heterocycles. The summed E-state index contributed by atoms with van der Waals surface area (Å²) in [6, 6.07) is 14.9. The summed E-state index contributed by atoms with van der Waals surface area (Å²) in [6.45, 7) is 4.58. The maximum Gasteiger partial charge on any atom is 0.276 e. The third kappa shape index (κ3) is 4.38. The van der Waals surface area contributed by atoms with Crippen LogP contribution in [0.25, 0.3) is 0 Å². The number of aromatic nitrogens is 3. The van der Waals surface area contributed by atoms with Gasteiger partial charge in [0.15, 0.2) is 5.69 Å². The lowest BCUT2D eigenvalue weighted by Gasteiger charge is -2.08. The average Bonchev–Trinajstić information content (AvgIpc) is 2.64. The maximum absolute atomic E-state index is 12.3. The highest BCUT2D eigenvalue weighted by Gasteiger charge is 2.09. The predicted molar refractivity (Wildman–Crippen MR) is 97.5 cm³/mol. The molecule has 0 spiro atoms. The zero-order chi connectivity index (χ0) is 17.6. The second-order valence-corrected chi connectivity index (χ2v) is 5.73. The number of rotatable bonds is 5. The van der Waals surface area contributed by atoms with Gasteiger partial charge in [-0.3, -0.25) is 9.78 Å². The van der Waals surface area contributed by atoms with E-state index in [4.69, 9.17) is 0 Å². The van der Waals surface area contributed by atoms with Crippen LogP contribution in [-0.4, -0.2) is 21.1 Å². The SMILES string of the molecule is Cc1ccc(NC(=O)c2ccc(NCc3ccccn3)nn2)cc1C. The number of hydrogen-bond donors (Lipinski definition) is 2. The quantitative estimate of drug-likeness (QED) is 0.748. The molecular formula is C19H19N5O. The van der Waals surface area contributed by atoms with Gasteiger partial charge in [-0.15, -0.1) is 10.2 Å². The topological polar surface area (TPSA) is 79.8 Å². The number of pyridine rings is 1. The van der Waals surface area contributed by atoms with Crippen LogP contribution in [-0.2, 0) is 6.54 Å². The van der Waals surface area contributed by atoms with E-state index >= 15 is 0 Å². The number of carbonyl (C=O) groups is 1. The van der Waals surface area contributed by atoms with E-state index in [1.54, 1.807) is 18.3 Å². The molecule has 6 heteroatoms. The Kier molecular flexibility index (Phi) is 4.99. The lowest BCUT2D eigenvalue weighted by atomic mass is 10.1. The van der Waals surface area contributed by atoms with Gasteiger partial charge < -0.3 is 10.6 Å².